The van der Waals surface area contributed by atoms with Gasteiger partial charge in [-0.15, -0.1) is 0 Å². The van der Waals surface area contributed by atoms with E-state index >= 15 is 0 Å². The van der Waals surface area contributed by atoms with Gasteiger partial charge in [0, 0.05) is 12.6 Å². The summed E-state index contributed by atoms with van der Waals surface area (Å²) in [5, 5.41) is 21.0. The van der Waals surface area contributed by atoms with Crippen molar-refractivity contribution in [3.8, 4) is 17.2 Å². The Balaban J connectivity index is 2.14. The Bertz CT molecular complexity index is 604. The molecule has 0 aliphatic heterocycles. The van der Waals surface area contributed by atoms with Crippen LogP contribution in [0.25, 0.3) is 0 Å². The molecule has 2 aromatic rings. The van der Waals surface area contributed by atoms with Gasteiger partial charge in [-0.25, -0.2) is 4.39 Å². The maximum absolute atomic E-state index is 13.4. The molecule has 2 rings (SSSR count). The van der Waals surface area contributed by atoms with Gasteiger partial charge in [-0.05, 0) is 36.4 Å². The Hall–Kier alpha value is -2.31. The van der Waals surface area contributed by atoms with E-state index in [4.69, 9.17) is 14.6 Å². The lowest BCUT2D eigenvalue weighted by Gasteiger charge is -2.15. The van der Waals surface area contributed by atoms with Crippen LogP contribution < -0.4 is 14.8 Å². The molecule has 0 amide bonds. The van der Waals surface area contributed by atoms with Gasteiger partial charge in [-0.1, -0.05) is 0 Å². The maximum Gasteiger partial charge on any atom is 0.150 e. The molecule has 2 aromatic carbocycles. The second kappa shape index (κ2) is 7.63. The van der Waals surface area contributed by atoms with Gasteiger partial charge in [0.15, 0.2) is 5.75 Å². The maximum atomic E-state index is 13.4. The number of anilines is 1. The van der Waals surface area contributed by atoms with Gasteiger partial charge in [0.25, 0.3) is 0 Å². The number of hydrogen-bond donors (Lipinski definition) is 3. The molecule has 0 heterocycles. The first kappa shape index (κ1) is 16.1. The van der Waals surface area contributed by atoms with Crippen molar-refractivity contribution in [3.63, 3.8) is 0 Å². The van der Waals surface area contributed by atoms with Crippen LogP contribution in [0.1, 0.15) is 0 Å². The summed E-state index contributed by atoms with van der Waals surface area (Å²) in [5.74, 6) is 1.26. The Morgan fingerprint density at radius 2 is 1.82 bits per heavy atom. The standard InChI is InChI=1S/C16H18FNO4/c1-21-13-3-5-14(6-4-13)22-16-7-2-11(17)8-15(16)18-9-12(20)10-19/h2-8,12,18-20H,9-10H2,1H3. The van der Waals surface area contributed by atoms with E-state index in [1.165, 1.54) is 18.2 Å². The molecule has 0 aliphatic rings. The SMILES string of the molecule is COc1ccc(Oc2ccc(F)cc2NCC(O)CO)cc1. The van der Waals surface area contributed by atoms with E-state index in [9.17, 15) is 9.50 Å². The molecule has 0 aromatic heterocycles. The quantitative estimate of drug-likeness (QED) is 0.732. The summed E-state index contributed by atoms with van der Waals surface area (Å²) in [5.41, 5.74) is 0.392. The van der Waals surface area contributed by atoms with E-state index in [2.05, 4.69) is 5.32 Å². The minimum atomic E-state index is -0.933. The molecule has 5 nitrogen and oxygen atoms in total. The van der Waals surface area contributed by atoms with E-state index in [1.807, 2.05) is 0 Å². The average Bonchev–Trinajstić information content (AvgIpc) is 2.55. The number of aliphatic hydroxyl groups is 2. The van der Waals surface area contributed by atoms with Gasteiger partial charge in [-0.2, -0.15) is 0 Å². The van der Waals surface area contributed by atoms with E-state index in [-0.39, 0.29) is 13.2 Å². The fraction of sp³-hybridized carbons (Fsp3) is 0.250. The normalized spacial score (nSPS) is 11.8. The average molecular weight is 307 g/mol. The molecule has 0 fully saturated rings. The van der Waals surface area contributed by atoms with Crippen LogP contribution in [0.2, 0.25) is 0 Å². The van der Waals surface area contributed by atoms with Crippen LogP contribution in [-0.2, 0) is 0 Å². The summed E-state index contributed by atoms with van der Waals surface area (Å²) >= 11 is 0. The number of hydrogen-bond acceptors (Lipinski definition) is 5. The van der Waals surface area contributed by atoms with Crippen molar-refractivity contribution < 1.29 is 24.1 Å². The summed E-state index contributed by atoms with van der Waals surface area (Å²) < 4.78 is 24.1. The monoisotopic (exact) mass is 307 g/mol. The van der Waals surface area contributed by atoms with E-state index < -0.39 is 11.9 Å². The Morgan fingerprint density at radius 3 is 2.45 bits per heavy atom. The highest BCUT2D eigenvalue weighted by molar-refractivity contribution is 5.58. The molecular formula is C16H18FNO4. The number of aliphatic hydroxyl groups excluding tert-OH is 2. The van der Waals surface area contributed by atoms with Gasteiger partial charge in [-0.3, -0.25) is 0 Å². The van der Waals surface area contributed by atoms with Crippen molar-refractivity contribution >= 4 is 5.69 Å². The highest BCUT2D eigenvalue weighted by atomic mass is 19.1. The van der Waals surface area contributed by atoms with Gasteiger partial charge >= 0.3 is 0 Å². The molecule has 6 heteroatoms. The summed E-state index contributed by atoms with van der Waals surface area (Å²) in [7, 11) is 1.57. The third-order valence-electron chi connectivity index (χ3n) is 2.97. The van der Waals surface area contributed by atoms with Crippen LogP contribution in [0, 0.1) is 5.82 Å². The molecule has 22 heavy (non-hydrogen) atoms. The molecule has 0 aliphatic carbocycles. The zero-order valence-electron chi connectivity index (χ0n) is 12.1. The first-order valence-corrected chi connectivity index (χ1v) is 6.76. The van der Waals surface area contributed by atoms with E-state index in [0.717, 1.165) is 0 Å². The minimum Gasteiger partial charge on any atom is -0.497 e. The number of benzene rings is 2. The van der Waals surface area contributed by atoms with Crippen molar-refractivity contribution in [2.45, 2.75) is 6.10 Å². The second-order valence-corrected chi connectivity index (χ2v) is 4.64. The lowest BCUT2D eigenvalue weighted by Crippen LogP contribution is -2.23. The van der Waals surface area contributed by atoms with Crippen molar-refractivity contribution in [1.29, 1.82) is 0 Å². The molecule has 1 unspecified atom stereocenters. The highest BCUT2D eigenvalue weighted by Crippen LogP contribution is 2.31. The molecule has 118 valence electrons. The van der Waals surface area contributed by atoms with Crippen LogP contribution in [0.5, 0.6) is 17.2 Å². The smallest absolute Gasteiger partial charge is 0.150 e. The largest absolute Gasteiger partial charge is 0.497 e. The van der Waals surface area contributed by atoms with Gasteiger partial charge < -0.3 is 25.0 Å². The molecule has 1 atom stereocenters. The summed E-state index contributed by atoms with van der Waals surface area (Å²) in [4.78, 5) is 0. The van der Waals surface area contributed by atoms with Crippen LogP contribution in [0.3, 0.4) is 0 Å². The summed E-state index contributed by atoms with van der Waals surface area (Å²) in [6.07, 6.45) is -0.933. The van der Waals surface area contributed by atoms with E-state index in [1.54, 1.807) is 31.4 Å². The third-order valence-corrected chi connectivity index (χ3v) is 2.97. The van der Waals surface area contributed by atoms with Gasteiger partial charge in [0.05, 0.1) is 25.5 Å². The van der Waals surface area contributed by atoms with Crippen LogP contribution in [-0.4, -0.2) is 36.6 Å². The van der Waals surface area contributed by atoms with Crippen LogP contribution in [0.4, 0.5) is 10.1 Å². The molecule has 0 saturated heterocycles. The molecule has 0 radical (unpaired) electrons. The molecule has 0 bridgehead atoms. The van der Waals surface area contributed by atoms with Gasteiger partial charge in [0.1, 0.15) is 17.3 Å². The molecule has 0 saturated carbocycles. The van der Waals surface area contributed by atoms with E-state index in [0.29, 0.717) is 22.9 Å². The molecule has 3 N–H and O–H groups in total. The number of rotatable bonds is 7. The second-order valence-electron chi connectivity index (χ2n) is 4.64. The topological polar surface area (TPSA) is 71.0 Å². The molecular weight excluding hydrogens is 289 g/mol. The number of nitrogens with one attached hydrogen (secondary N) is 1. The zero-order valence-corrected chi connectivity index (χ0v) is 12.1. The Labute approximate surface area is 127 Å². The Kier molecular flexibility index (Phi) is 5.57. The number of halogens is 1. The highest BCUT2D eigenvalue weighted by Gasteiger charge is 2.09. The van der Waals surface area contributed by atoms with Crippen molar-refractivity contribution in [2.24, 2.45) is 0 Å². The predicted molar refractivity (Wildman–Crippen MR) is 81.1 cm³/mol. The summed E-state index contributed by atoms with van der Waals surface area (Å²) in [6, 6.07) is 11.0. The lowest BCUT2D eigenvalue weighted by atomic mass is 10.2. The van der Waals surface area contributed by atoms with Crippen LogP contribution in [0.15, 0.2) is 42.5 Å². The number of methoxy groups -OCH3 is 1. The third kappa shape index (κ3) is 4.34. The fourth-order valence-electron chi connectivity index (χ4n) is 1.79. The molecule has 0 spiro atoms. The van der Waals surface area contributed by atoms with Crippen molar-refractivity contribution in [1.82, 2.24) is 0 Å². The van der Waals surface area contributed by atoms with Crippen molar-refractivity contribution in [3.05, 3.63) is 48.3 Å². The first-order chi connectivity index (χ1) is 10.6. The fourth-order valence-corrected chi connectivity index (χ4v) is 1.79. The zero-order chi connectivity index (χ0) is 15.9. The van der Waals surface area contributed by atoms with Gasteiger partial charge in [0.2, 0.25) is 0 Å². The number of ether oxygens (including phenoxy) is 2. The Morgan fingerprint density at radius 1 is 1.14 bits per heavy atom. The summed E-state index contributed by atoms with van der Waals surface area (Å²) in [6.45, 7) is -0.296. The van der Waals surface area contributed by atoms with Crippen LogP contribution >= 0.6 is 0 Å². The lowest BCUT2D eigenvalue weighted by molar-refractivity contribution is 0.105. The first-order valence-electron chi connectivity index (χ1n) is 6.76. The predicted octanol–water partition coefficient (Wildman–Crippen LogP) is 2.39. The van der Waals surface area contributed by atoms with Crippen molar-refractivity contribution in [2.75, 3.05) is 25.6 Å². The minimum absolute atomic E-state index is 0.0823.